The second-order valence-electron chi connectivity index (χ2n) is 17.6. The highest BCUT2D eigenvalue weighted by Crippen LogP contribution is 2.45. The maximum absolute atomic E-state index is 6.57. The smallest absolute Gasteiger partial charge is 0.143 e. The Morgan fingerprint density at radius 3 is 1.60 bits per heavy atom. The molecule has 0 aliphatic heterocycles. The Kier molecular flexibility index (Phi) is 8.55. The first-order chi connectivity index (χ1) is 33.7. The van der Waals surface area contributed by atoms with E-state index in [2.05, 4.69) is 240 Å². The summed E-state index contributed by atoms with van der Waals surface area (Å²) in [5.41, 5.74) is 16.9. The van der Waals surface area contributed by atoms with E-state index in [0.29, 0.717) is 0 Å². The van der Waals surface area contributed by atoms with Gasteiger partial charge in [0.25, 0.3) is 0 Å². The fourth-order valence-electron chi connectivity index (χ4n) is 10.7. The van der Waals surface area contributed by atoms with Crippen molar-refractivity contribution in [2.45, 2.75) is 0 Å². The molecule has 0 atom stereocenters. The molecule has 11 aromatic carbocycles. The Morgan fingerprint density at radius 1 is 0.309 bits per heavy atom. The molecule has 4 nitrogen and oxygen atoms in total. The van der Waals surface area contributed by atoms with Gasteiger partial charge in [-0.3, -0.25) is 0 Å². The molecule has 0 aliphatic rings. The van der Waals surface area contributed by atoms with Crippen molar-refractivity contribution < 1.29 is 8.83 Å². The van der Waals surface area contributed by atoms with Gasteiger partial charge in [0.2, 0.25) is 0 Å². The minimum atomic E-state index is 0.876. The number of rotatable bonds is 7. The number of fused-ring (bicyclic) bond motifs is 11. The average molecular weight is 869 g/mol. The first-order valence-corrected chi connectivity index (χ1v) is 23.2. The first-order valence-electron chi connectivity index (χ1n) is 23.2. The predicted octanol–water partition coefficient (Wildman–Crippen LogP) is 18.2. The molecule has 14 aromatic rings. The van der Waals surface area contributed by atoms with Crippen LogP contribution in [0.15, 0.2) is 251 Å². The van der Waals surface area contributed by atoms with Crippen molar-refractivity contribution in [3.8, 4) is 39.1 Å². The summed E-state index contributed by atoms with van der Waals surface area (Å²) in [6.07, 6.45) is 0. The van der Waals surface area contributed by atoms with Crippen LogP contribution in [0.25, 0.3) is 116 Å². The number of aromatic nitrogens is 1. The second-order valence-corrected chi connectivity index (χ2v) is 17.6. The summed E-state index contributed by atoms with van der Waals surface area (Å²) in [6.45, 7) is 0. The summed E-state index contributed by atoms with van der Waals surface area (Å²) in [7, 11) is 0. The molecule has 14 rings (SSSR count). The highest BCUT2D eigenvalue weighted by molar-refractivity contribution is 6.16. The molecule has 0 unspecified atom stereocenters. The van der Waals surface area contributed by atoms with E-state index in [9.17, 15) is 0 Å². The summed E-state index contributed by atoms with van der Waals surface area (Å²) < 4.78 is 15.5. The SMILES string of the molecule is c1ccc(N(c2ccc(-c3ccccc3-n3c4ccccc4c4ccccc43)cc2)c2ccc(-c3cccc4c3oc3ccccc34)cc2)c(-c2ccc3oc4c5ccccc5ccc4c3c2)c1. The van der Waals surface area contributed by atoms with Gasteiger partial charge in [0.15, 0.2) is 0 Å². The maximum Gasteiger partial charge on any atom is 0.143 e. The maximum atomic E-state index is 6.57. The molecule has 68 heavy (non-hydrogen) atoms. The summed E-state index contributed by atoms with van der Waals surface area (Å²) >= 11 is 0. The van der Waals surface area contributed by atoms with Gasteiger partial charge in [0.1, 0.15) is 22.3 Å². The van der Waals surface area contributed by atoms with E-state index < -0.39 is 0 Å². The van der Waals surface area contributed by atoms with Crippen LogP contribution in [0.3, 0.4) is 0 Å². The molecule has 0 fully saturated rings. The molecular weight excluding hydrogens is 829 g/mol. The summed E-state index contributed by atoms with van der Waals surface area (Å²) in [5, 5.41) is 9.24. The van der Waals surface area contributed by atoms with Gasteiger partial charge >= 0.3 is 0 Å². The zero-order valence-corrected chi connectivity index (χ0v) is 36.8. The fraction of sp³-hybridized carbons (Fsp3) is 0. The zero-order chi connectivity index (χ0) is 44.7. The lowest BCUT2D eigenvalue weighted by Crippen LogP contribution is -2.11. The number of nitrogens with zero attached hydrogens (tertiary/aromatic N) is 2. The van der Waals surface area contributed by atoms with Crippen LogP contribution in [0.5, 0.6) is 0 Å². The predicted molar refractivity (Wildman–Crippen MR) is 284 cm³/mol. The van der Waals surface area contributed by atoms with Gasteiger partial charge in [-0.25, -0.2) is 0 Å². The Morgan fingerprint density at radius 2 is 0.838 bits per heavy atom. The van der Waals surface area contributed by atoms with Crippen molar-refractivity contribution in [1.82, 2.24) is 4.57 Å². The van der Waals surface area contributed by atoms with E-state index in [4.69, 9.17) is 8.83 Å². The Labute approximate surface area is 391 Å². The molecule has 0 spiro atoms. The van der Waals surface area contributed by atoms with Crippen LogP contribution in [-0.4, -0.2) is 4.57 Å². The minimum Gasteiger partial charge on any atom is -0.455 e. The lowest BCUT2D eigenvalue weighted by Gasteiger charge is -2.28. The van der Waals surface area contributed by atoms with Gasteiger partial charge in [-0.05, 0) is 94.9 Å². The van der Waals surface area contributed by atoms with E-state index in [1.165, 1.54) is 27.2 Å². The van der Waals surface area contributed by atoms with Crippen molar-refractivity contribution in [2.24, 2.45) is 0 Å². The summed E-state index contributed by atoms with van der Waals surface area (Å²) in [5.74, 6) is 0. The third kappa shape index (κ3) is 5.94. The van der Waals surface area contributed by atoms with E-state index in [-0.39, 0.29) is 0 Å². The Balaban J connectivity index is 0.918. The topological polar surface area (TPSA) is 34.5 Å². The van der Waals surface area contributed by atoms with Gasteiger partial charge in [0, 0.05) is 65.8 Å². The van der Waals surface area contributed by atoms with Crippen LogP contribution in [0, 0.1) is 0 Å². The molecule has 318 valence electrons. The third-order valence-electron chi connectivity index (χ3n) is 13.8. The van der Waals surface area contributed by atoms with Crippen LogP contribution in [0.1, 0.15) is 0 Å². The van der Waals surface area contributed by atoms with Gasteiger partial charge in [-0.1, -0.05) is 170 Å². The van der Waals surface area contributed by atoms with Crippen molar-refractivity contribution in [1.29, 1.82) is 0 Å². The van der Waals surface area contributed by atoms with Crippen LogP contribution < -0.4 is 4.90 Å². The highest BCUT2D eigenvalue weighted by Gasteiger charge is 2.21. The molecule has 0 saturated heterocycles. The molecule has 3 aromatic heterocycles. The van der Waals surface area contributed by atoms with Crippen LogP contribution in [0.4, 0.5) is 17.1 Å². The van der Waals surface area contributed by atoms with Gasteiger partial charge in [0.05, 0.1) is 22.4 Å². The minimum absolute atomic E-state index is 0.876. The molecule has 0 saturated carbocycles. The van der Waals surface area contributed by atoms with Gasteiger partial charge in [-0.2, -0.15) is 0 Å². The second kappa shape index (κ2) is 15.2. The molecular formula is C64H40N2O2. The van der Waals surface area contributed by atoms with Crippen LogP contribution >= 0.6 is 0 Å². The molecule has 3 heterocycles. The lowest BCUT2D eigenvalue weighted by atomic mass is 9.98. The Bertz CT molecular complexity index is 4210. The van der Waals surface area contributed by atoms with Crippen LogP contribution in [-0.2, 0) is 0 Å². The largest absolute Gasteiger partial charge is 0.455 e. The molecule has 0 amide bonds. The third-order valence-corrected chi connectivity index (χ3v) is 13.8. The molecule has 0 N–H and O–H groups in total. The van der Waals surface area contributed by atoms with E-state index >= 15 is 0 Å². The highest BCUT2D eigenvalue weighted by atomic mass is 16.3. The number of anilines is 3. The number of para-hydroxylation sites is 6. The van der Waals surface area contributed by atoms with E-state index in [1.807, 2.05) is 12.1 Å². The quantitative estimate of drug-likeness (QED) is 0.160. The molecule has 4 heteroatoms. The normalized spacial score (nSPS) is 11.8. The number of benzene rings is 11. The monoisotopic (exact) mass is 868 g/mol. The van der Waals surface area contributed by atoms with Crippen LogP contribution in [0.2, 0.25) is 0 Å². The van der Waals surface area contributed by atoms with E-state index in [1.54, 1.807) is 0 Å². The van der Waals surface area contributed by atoms with Gasteiger partial charge < -0.3 is 18.3 Å². The van der Waals surface area contributed by atoms with Gasteiger partial charge in [-0.15, -0.1) is 0 Å². The van der Waals surface area contributed by atoms with Crippen molar-refractivity contribution in [3.63, 3.8) is 0 Å². The molecule has 0 aliphatic carbocycles. The average Bonchev–Trinajstić information content (AvgIpc) is 4.09. The number of hydrogen-bond acceptors (Lipinski definition) is 3. The number of hydrogen-bond donors (Lipinski definition) is 0. The zero-order valence-electron chi connectivity index (χ0n) is 36.8. The first kappa shape index (κ1) is 38.2. The lowest BCUT2D eigenvalue weighted by molar-refractivity contribution is 0.670. The van der Waals surface area contributed by atoms with E-state index in [0.717, 1.165) is 105 Å². The standard InChI is InChI=1S/C64H40N2O2/c1-2-17-49-41(14-1)32-38-55-56-40-44(33-39-62(56)68-64(49)55)48-16-4-8-23-57(48)65(46-36-30-43(31-37-46)50-21-13-22-54-53-20-7-12-27-61(53)67-63(50)54)45-34-28-42(29-35-45)47-15-3-9-24-58(47)66-59-25-10-5-18-51(59)52-19-6-11-26-60(52)66/h1-40H. The summed E-state index contributed by atoms with van der Waals surface area (Å²) in [4.78, 5) is 2.38. The molecule has 0 bridgehead atoms. The van der Waals surface area contributed by atoms with Crippen molar-refractivity contribution >= 4 is 93.5 Å². The fourth-order valence-corrected chi connectivity index (χ4v) is 10.7. The Hall–Kier alpha value is -9.12. The molecule has 0 radical (unpaired) electrons. The van der Waals surface area contributed by atoms with Crippen molar-refractivity contribution in [3.05, 3.63) is 243 Å². The summed E-state index contributed by atoms with van der Waals surface area (Å²) in [6, 6.07) is 87.0. The number of furan rings is 2. The van der Waals surface area contributed by atoms with Crippen molar-refractivity contribution in [2.75, 3.05) is 4.90 Å².